The van der Waals surface area contributed by atoms with Crippen molar-refractivity contribution in [1.29, 1.82) is 0 Å². The zero-order valence-electron chi connectivity index (χ0n) is 9.40. The fraction of sp³-hybridized carbons (Fsp3) is 0.455. The summed E-state index contributed by atoms with van der Waals surface area (Å²) in [6.45, 7) is 4.22. The first-order valence-electron chi connectivity index (χ1n) is 5.16. The molecule has 0 spiro atoms. The number of halogens is 1. The summed E-state index contributed by atoms with van der Waals surface area (Å²) in [6.07, 6.45) is 2.40. The number of pyridine rings is 1. The van der Waals surface area contributed by atoms with Crippen LogP contribution in [-0.2, 0) is 0 Å². The largest absolute Gasteiger partial charge is 0.348 e. The average molecular weight is 225 g/mol. The Hall–Kier alpha value is -1.49. The number of hydrogen-bond donors (Lipinski definition) is 2. The van der Waals surface area contributed by atoms with Crippen molar-refractivity contribution in [3.05, 3.63) is 29.8 Å². The van der Waals surface area contributed by atoms with E-state index < -0.39 is 11.7 Å². The molecule has 1 unspecified atom stereocenters. The van der Waals surface area contributed by atoms with E-state index in [4.69, 9.17) is 5.73 Å². The van der Waals surface area contributed by atoms with Crippen molar-refractivity contribution in [2.75, 3.05) is 6.54 Å². The summed E-state index contributed by atoms with van der Waals surface area (Å²) < 4.78 is 13.2. The second kappa shape index (κ2) is 5.55. The predicted octanol–water partition coefficient (Wildman–Crippen LogP) is 0.934. The van der Waals surface area contributed by atoms with Crippen molar-refractivity contribution < 1.29 is 9.18 Å². The molecule has 1 amide bonds. The summed E-state index contributed by atoms with van der Waals surface area (Å²) in [5.41, 5.74) is 5.51. The number of hydrogen-bond acceptors (Lipinski definition) is 3. The summed E-state index contributed by atoms with van der Waals surface area (Å²) in [7, 11) is 0. The first-order chi connectivity index (χ1) is 7.56. The molecule has 4 nitrogen and oxygen atoms in total. The molecule has 3 N–H and O–H groups in total. The lowest BCUT2D eigenvalue weighted by Crippen LogP contribution is -2.43. The van der Waals surface area contributed by atoms with Crippen molar-refractivity contribution in [3.63, 3.8) is 0 Å². The fourth-order valence-electron chi connectivity index (χ4n) is 1.30. The lowest BCUT2D eigenvalue weighted by Gasteiger charge is -2.20. The molecule has 1 aromatic heterocycles. The maximum absolute atomic E-state index is 13.2. The van der Waals surface area contributed by atoms with Gasteiger partial charge in [0.2, 0.25) is 0 Å². The molecule has 1 atom stereocenters. The highest BCUT2D eigenvalue weighted by Gasteiger charge is 2.17. The number of rotatable bonds is 4. The molecular formula is C11H16FN3O. The van der Waals surface area contributed by atoms with E-state index in [0.717, 1.165) is 6.20 Å². The standard InChI is InChI=1S/C11H16FN3O/c1-7(2)10(5-13)15-11(16)8-3-4-14-6-9(8)12/h3-4,6-7,10H,5,13H2,1-2H3,(H,15,16). The van der Waals surface area contributed by atoms with Gasteiger partial charge in [-0.3, -0.25) is 9.78 Å². The lowest BCUT2D eigenvalue weighted by molar-refractivity contribution is 0.0923. The van der Waals surface area contributed by atoms with Crippen LogP contribution in [0.15, 0.2) is 18.5 Å². The van der Waals surface area contributed by atoms with Crippen LogP contribution in [0.25, 0.3) is 0 Å². The second-order valence-corrected chi connectivity index (χ2v) is 3.92. The third kappa shape index (κ3) is 3.00. The Kier molecular flexibility index (Phi) is 4.37. The number of nitrogens with zero attached hydrogens (tertiary/aromatic N) is 1. The SMILES string of the molecule is CC(C)C(CN)NC(=O)c1ccncc1F. The smallest absolute Gasteiger partial charge is 0.254 e. The first-order valence-corrected chi connectivity index (χ1v) is 5.16. The summed E-state index contributed by atoms with van der Waals surface area (Å²) in [4.78, 5) is 15.3. The molecule has 0 saturated heterocycles. The Labute approximate surface area is 94.1 Å². The van der Waals surface area contributed by atoms with Crippen LogP contribution in [0.1, 0.15) is 24.2 Å². The van der Waals surface area contributed by atoms with Crippen molar-refractivity contribution >= 4 is 5.91 Å². The summed E-state index contributed by atoms with van der Waals surface area (Å²) in [5, 5.41) is 2.69. The molecule has 0 aliphatic heterocycles. The molecule has 0 aliphatic carbocycles. The van der Waals surface area contributed by atoms with Gasteiger partial charge in [-0.05, 0) is 12.0 Å². The minimum absolute atomic E-state index is 0.00546. The van der Waals surface area contributed by atoms with E-state index in [-0.39, 0.29) is 17.5 Å². The topological polar surface area (TPSA) is 68.0 Å². The molecule has 1 heterocycles. The van der Waals surface area contributed by atoms with Crippen LogP contribution in [-0.4, -0.2) is 23.5 Å². The van der Waals surface area contributed by atoms with Gasteiger partial charge in [0.25, 0.3) is 5.91 Å². The zero-order valence-corrected chi connectivity index (χ0v) is 9.40. The zero-order chi connectivity index (χ0) is 12.1. The summed E-state index contributed by atoms with van der Waals surface area (Å²) in [5.74, 6) is -0.873. The van der Waals surface area contributed by atoms with Crippen LogP contribution in [0.4, 0.5) is 4.39 Å². The van der Waals surface area contributed by atoms with Gasteiger partial charge in [0.1, 0.15) is 0 Å². The molecule has 0 aliphatic rings. The molecule has 1 aromatic rings. The molecular weight excluding hydrogens is 209 g/mol. The van der Waals surface area contributed by atoms with E-state index in [0.29, 0.717) is 6.54 Å². The maximum Gasteiger partial charge on any atom is 0.254 e. The third-order valence-corrected chi connectivity index (χ3v) is 2.39. The Morgan fingerprint density at radius 2 is 2.31 bits per heavy atom. The van der Waals surface area contributed by atoms with Gasteiger partial charge in [-0.1, -0.05) is 13.8 Å². The molecule has 0 aromatic carbocycles. The highest BCUT2D eigenvalue weighted by atomic mass is 19.1. The first kappa shape index (κ1) is 12.6. The van der Waals surface area contributed by atoms with E-state index in [2.05, 4.69) is 10.3 Å². The maximum atomic E-state index is 13.2. The number of carbonyl (C=O) groups excluding carboxylic acids is 1. The van der Waals surface area contributed by atoms with Gasteiger partial charge in [0, 0.05) is 18.8 Å². The van der Waals surface area contributed by atoms with Crippen LogP contribution in [0, 0.1) is 11.7 Å². The molecule has 1 rings (SSSR count). The monoisotopic (exact) mass is 225 g/mol. The number of nitrogens with one attached hydrogen (secondary N) is 1. The average Bonchev–Trinajstić information content (AvgIpc) is 2.25. The van der Waals surface area contributed by atoms with Crippen molar-refractivity contribution in [2.24, 2.45) is 11.7 Å². The molecule has 5 heteroatoms. The van der Waals surface area contributed by atoms with Gasteiger partial charge >= 0.3 is 0 Å². The molecule has 16 heavy (non-hydrogen) atoms. The van der Waals surface area contributed by atoms with Gasteiger partial charge in [0.15, 0.2) is 5.82 Å². The van der Waals surface area contributed by atoms with Gasteiger partial charge in [-0.25, -0.2) is 4.39 Å². The second-order valence-electron chi connectivity index (χ2n) is 3.92. The highest BCUT2D eigenvalue weighted by molar-refractivity contribution is 5.94. The van der Waals surface area contributed by atoms with E-state index in [1.165, 1.54) is 12.3 Å². The number of amides is 1. The predicted molar refractivity (Wildman–Crippen MR) is 59.3 cm³/mol. The Morgan fingerprint density at radius 1 is 1.62 bits per heavy atom. The lowest BCUT2D eigenvalue weighted by atomic mass is 10.0. The van der Waals surface area contributed by atoms with Gasteiger partial charge in [-0.2, -0.15) is 0 Å². The van der Waals surface area contributed by atoms with E-state index in [1.807, 2.05) is 13.8 Å². The Morgan fingerprint density at radius 3 is 2.81 bits per heavy atom. The van der Waals surface area contributed by atoms with Crippen molar-refractivity contribution in [3.8, 4) is 0 Å². The van der Waals surface area contributed by atoms with Crippen molar-refractivity contribution in [1.82, 2.24) is 10.3 Å². The number of aromatic nitrogens is 1. The quantitative estimate of drug-likeness (QED) is 0.801. The number of nitrogens with two attached hydrogens (primary N) is 1. The molecule has 0 saturated carbocycles. The molecule has 0 fully saturated rings. The third-order valence-electron chi connectivity index (χ3n) is 2.39. The van der Waals surface area contributed by atoms with Gasteiger partial charge in [-0.15, -0.1) is 0 Å². The van der Waals surface area contributed by atoms with Gasteiger partial charge < -0.3 is 11.1 Å². The normalized spacial score (nSPS) is 12.6. The van der Waals surface area contributed by atoms with Crippen molar-refractivity contribution in [2.45, 2.75) is 19.9 Å². The van der Waals surface area contributed by atoms with E-state index in [1.54, 1.807) is 0 Å². The Bertz CT molecular complexity index is 368. The van der Waals surface area contributed by atoms with Crippen LogP contribution < -0.4 is 11.1 Å². The van der Waals surface area contributed by atoms with E-state index >= 15 is 0 Å². The molecule has 0 radical (unpaired) electrons. The van der Waals surface area contributed by atoms with Gasteiger partial charge in [0.05, 0.1) is 11.8 Å². The van der Waals surface area contributed by atoms with Crippen LogP contribution in [0.5, 0.6) is 0 Å². The minimum atomic E-state index is -0.625. The number of carbonyl (C=O) groups is 1. The fourth-order valence-corrected chi connectivity index (χ4v) is 1.30. The van der Waals surface area contributed by atoms with Crippen LogP contribution in [0.2, 0.25) is 0 Å². The highest BCUT2D eigenvalue weighted by Crippen LogP contribution is 2.06. The van der Waals surface area contributed by atoms with Crippen LogP contribution in [0.3, 0.4) is 0 Å². The summed E-state index contributed by atoms with van der Waals surface area (Å²) in [6, 6.07) is 1.19. The van der Waals surface area contributed by atoms with Crippen LogP contribution >= 0.6 is 0 Å². The Balaban J connectivity index is 2.76. The molecule has 88 valence electrons. The molecule has 0 bridgehead atoms. The minimum Gasteiger partial charge on any atom is -0.348 e. The van der Waals surface area contributed by atoms with E-state index in [9.17, 15) is 9.18 Å². The summed E-state index contributed by atoms with van der Waals surface area (Å²) >= 11 is 0.